The largest absolute Gasteiger partial charge is 0.384 e. The van der Waals surface area contributed by atoms with Crippen LogP contribution in [0.2, 0.25) is 0 Å². The predicted octanol–water partition coefficient (Wildman–Crippen LogP) is 2.61. The van der Waals surface area contributed by atoms with E-state index in [1.165, 1.54) is 23.5 Å². The number of nitrogens with zero attached hydrogens (tertiary/aromatic N) is 3. The van der Waals surface area contributed by atoms with Crippen molar-refractivity contribution in [3.05, 3.63) is 41.5 Å². The van der Waals surface area contributed by atoms with Crippen LogP contribution >= 0.6 is 0 Å². The SMILES string of the molecule is CC1CCn2c(nnc2CC2CNc3ccccc32)C1. The lowest BCUT2D eigenvalue weighted by Crippen LogP contribution is -2.20. The van der Waals surface area contributed by atoms with Crippen LogP contribution in [-0.2, 0) is 19.4 Å². The summed E-state index contributed by atoms with van der Waals surface area (Å²) in [6.07, 6.45) is 3.31. The summed E-state index contributed by atoms with van der Waals surface area (Å²) in [6.45, 7) is 4.40. The third-order valence-corrected chi connectivity index (χ3v) is 4.65. The first-order valence-corrected chi connectivity index (χ1v) is 7.55. The lowest BCUT2D eigenvalue weighted by Gasteiger charge is -2.21. The maximum Gasteiger partial charge on any atom is 0.133 e. The van der Waals surface area contributed by atoms with E-state index in [4.69, 9.17) is 0 Å². The first kappa shape index (κ1) is 11.9. The normalized spacial score (nSPS) is 24.1. The van der Waals surface area contributed by atoms with Crippen molar-refractivity contribution in [3.8, 4) is 0 Å². The van der Waals surface area contributed by atoms with Gasteiger partial charge in [0.05, 0.1) is 0 Å². The van der Waals surface area contributed by atoms with Crippen LogP contribution in [0.3, 0.4) is 0 Å². The highest BCUT2D eigenvalue weighted by Crippen LogP contribution is 2.33. The molecule has 3 heterocycles. The third kappa shape index (κ3) is 1.90. The molecule has 0 fully saturated rings. The summed E-state index contributed by atoms with van der Waals surface area (Å²) in [4.78, 5) is 0. The monoisotopic (exact) mass is 268 g/mol. The van der Waals surface area contributed by atoms with Crippen LogP contribution in [0.5, 0.6) is 0 Å². The summed E-state index contributed by atoms with van der Waals surface area (Å²) in [5, 5.41) is 12.3. The van der Waals surface area contributed by atoms with E-state index in [9.17, 15) is 0 Å². The quantitative estimate of drug-likeness (QED) is 0.910. The molecule has 1 aromatic carbocycles. The van der Waals surface area contributed by atoms with Gasteiger partial charge in [-0.25, -0.2) is 0 Å². The molecule has 0 spiro atoms. The molecule has 2 atom stereocenters. The van der Waals surface area contributed by atoms with Gasteiger partial charge in [-0.15, -0.1) is 10.2 Å². The van der Waals surface area contributed by atoms with Gasteiger partial charge in [0.15, 0.2) is 0 Å². The van der Waals surface area contributed by atoms with Crippen molar-refractivity contribution in [2.75, 3.05) is 11.9 Å². The molecule has 0 bridgehead atoms. The summed E-state index contributed by atoms with van der Waals surface area (Å²) in [5.41, 5.74) is 2.71. The van der Waals surface area contributed by atoms with E-state index in [0.717, 1.165) is 37.7 Å². The van der Waals surface area contributed by atoms with Crippen molar-refractivity contribution in [3.63, 3.8) is 0 Å². The number of aromatic nitrogens is 3. The summed E-state index contributed by atoms with van der Waals surface area (Å²) in [5.74, 6) is 3.61. The molecular weight excluding hydrogens is 248 g/mol. The van der Waals surface area contributed by atoms with Gasteiger partial charge in [0.25, 0.3) is 0 Å². The zero-order valence-corrected chi connectivity index (χ0v) is 11.8. The maximum atomic E-state index is 4.45. The molecule has 0 aliphatic carbocycles. The lowest BCUT2D eigenvalue weighted by molar-refractivity contribution is 0.401. The molecule has 20 heavy (non-hydrogen) atoms. The molecule has 2 aliphatic rings. The predicted molar refractivity (Wildman–Crippen MR) is 78.9 cm³/mol. The van der Waals surface area contributed by atoms with Gasteiger partial charge in [-0.3, -0.25) is 0 Å². The molecule has 2 aliphatic heterocycles. The topological polar surface area (TPSA) is 42.7 Å². The smallest absolute Gasteiger partial charge is 0.133 e. The van der Waals surface area contributed by atoms with Crippen molar-refractivity contribution in [1.82, 2.24) is 14.8 Å². The molecule has 2 unspecified atom stereocenters. The maximum absolute atomic E-state index is 4.45. The zero-order valence-electron chi connectivity index (χ0n) is 11.8. The van der Waals surface area contributed by atoms with Gasteiger partial charge in [-0.1, -0.05) is 25.1 Å². The standard InChI is InChI=1S/C16H20N4/c1-11-6-7-20-15(8-11)18-19-16(20)9-12-10-17-14-5-3-2-4-13(12)14/h2-5,11-12,17H,6-10H2,1H3. The van der Waals surface area contributed by atoms with Crippen LogP contribution in [0.15, 0.2) is 24.3 Å². The molecule has 1 aromatic heterocycles. The number of nitrogens with one attached hydrogen (secondary N) is 1. The molecule has 2 aromatic rings. The first-order chi connectivity index (χ1) is 9.81. The fraction of sp³-hybridized carbons (Fsp3) is 0.500. The third-order valence-electron chi connectivity index (χ3n) is 4.65. The van der Waals surface area contributed by atoms with Crippen LogP contribution in [0.25, 0.3) is 0 Å². The van der Waals surface area contributed by atoms with Gasteiger partial charge in [0.2, 0.25) is 0 Å². The van der Waals surface area contributed by atoms with Gasteiger partial charge in [-0.2, -0.15) is 0 Å². The Hall–Kier alpha value is -1.84. The highest BCUT2D eigenvalue weighted by molar-refractivity contribution is 5.57. The number of fused-ring (bicyclic) bond motifs is 2. The minimum absolute atomic E-state index is 0.527. The molecular formula is C16H20N4. The number of rotatable bonds is 2. The first-order valence-electron chi connectivity index (χ1n) is 7.55. The van der Waals surface area contributed by atoms with Gasteiger partial charge in [0.1, 0.15) is 11.6 Å². The molecule has 4 rings (SSSR count). The highest BCUT2D eigenvalue weighted by Gasteiger charge is 2.26. The molecule has 0 radical (unpaired) electrons. The Labute approximate surface area is 119 Å². The number of hydrogen-bond acceptors (Lipinski definition) is 3. The van der Waals surface area contributed by atoms with E-state index in [-0.39, 0.29) is 0 Å². The molecule has 0 saturated heterocycles. The van der Waals surface area contributed by atoms with Crippen molar-refractivity contribution in [1.29, 1.82) is 0 Å². The van der Waals surface area contributed by atoms with E-state index in [0.29, 0.717) is 5.92 Å². The molecule has 0 saturated carbocycles. The number of para-hydroxylation sites is 1. The van der Waals surface area contributed by atoms with Crippen LogP contribution in [0.1, 0.15) is 36.5 Å². The van der Waals surface area contributed by atoms with Crippen molar-refractivity contribution < 1.29 is 0 Å². The lowest BCUT2D eigenvalue weighted by atomic mass is 9.96. The Morgan fingerprint density at radius 3 is 3.15 bits per heavy atom. The Morgan fingerprint density at radius 2 is 2.20 bits per heavy atom. The Bertz CT molecular complexity index is 631. The van der Waals surface area contributed by atoms with Crippen LogP contribution in [-0.4, -0.2) is 21.3 Å². The second-order valence-corrected chi connectivity index (χ2v) is 6.15. The number of anilines is 1. The van der Waals surface area contributed by atoms with Crippen LogP contribution in [0, 0.1) is 5.92 Å². The van der Waals surface area contributed by atoms with Gasteiger partial charge in [-0.05, 0) is 24.0 Å². The Morgan fingerprint density at radius 1 is 1.30 bits per heavy atom. The van der Waals surface area contributed by atoms with E-state index in [1.807, 2.05) is 0 Å². The fourth-order valence-corrected chi connectivity index (χ4v) is 3.46. The number of benzene rings is 1. The summed E-state index contributed by atoms with van der Waals surface area (Å²) in [6, 6.07) is 8.61. The molecule has 4 heteroatoms. The molecule has 0 amide bonds. The Balaban J connectivity index is 1.59. The van der Waals surface area contributed by atoms with E-state index >= 15 is 0 Å². The number of hydrogen-bond donors (Lipinski definition) is 1. The van der Waals surface area contributed by atoms with Crippen molar-refractivity contribution >= 4 is 5.69 Å². The average molecular weight is 268 g/mol. The van der Waals surface area contributed by atoms with E-state index in [2.05, 4.69) is 51.3 Å². The van der Waals surface area contributed by atoms with Crippen LogP contribution < -0.4 is 5.32 Å². The van der Waals surface area contributed by atoms with E-state index < -0.39 is 0 Å². The Kier molecular flexibility index (Phi) is 2.76. The van der Waals surface area contributed by atoms with Crippen molar-refractivity contribution in [2.45, 2.75) is 38.6 Å². The summed E-state index contributed by atoms with van der Waals surface area (Å²) < 4.78 is 2.35. The van der Waals surface area contributed by atoms with Crippen LogP contribution in [0.4, 0.5) is 5.69 Å². The second-order valence-electron chi connectivity index (χ2n) is 6.15. The van der Waals surface area contributed by atoms with Gasteiger partial charge >= 0.3 is 0 Å². The van der Waals surface area contributed by atoms with Gasteiger partial charge < -0.3 is 9.88 Å². The summed E-state index contributed by atoms with van der Waals surface area (Å²) >= 11 is 0. The molecule has 104 valence electrons. The second kappa shape index (κ2) is 4.62. The van der Waals surface area contributed by atoms with E-state index in [1.54, 1.807) is 0 Å². The van der Waals surface area contributed by atoms with Crippen molar-refractivity contribution in [2.24, 2.45) is 5.92 Å². The molecule has 1 N–H and O–H groups in total. The molecule has 4 nitrogen and oxygen atoms in total. The minimum atomic E-state index is 0.527. The average Bonchev–Trinajstić information content (AvgIpc) is 3.04. The van der Waals surface area contributed by atoms with Gasteiger partial charge in [0, 0.05) is 37.5 Å². The fourth-order valence-electron chi connectivity index (χ4n) is 3.46. The summed E-state index contributed by atoms with van der Waals surface area (Å²) in [7, 11) is 0. The highest BCUT2D eigenvalue weighted by atomic mass is 15.3. The minimum Gasteiger partial charge on any atom is -0.384 e. The zero-order chi connectivity index (χ0) is 13.5.